The van der Waals surface area contributed by atoms with Gasteiger partial charge in [-0.05, 0) is 25.1 Å². The number of rotatable bonds is 4. The predicted octanol–water partition coefficient (Wildman–Crippen LogP) is 0.819. The van der Waals surface area contributed by atoms with Crippen LogP contribution < -0.4 is 5.32 Å². The van der Waals surface area contributed by atoms with Crippen LogP contribution in [-0.2, 0) is 16.1 Å². The zero-order chi connectivity index (χ0) is 18.4. The Morgan fingerprint density at radius 1 is 1.12 bits per heavy atom. The summed E-state index contributed by atoms with van der Waals surface area (Å²) in [6.45, 7) is 6.53. The molecule has 0 aliphatic carbocycles. The van der Waals surface area contributed by atoms with Gasteiger partial charge >= 0.3 is 11.8 Å². The van der Waals surface area contributed by atoms with Gasteiger partial charge in [0.15, 0.2) is 5.82 Å². The molecule has 26 heavy (non-hydrogen) atoms. The maximum atomic E-state index is 12.4. The summed E-state index contributed by atoms with van der Waals surface area (Å²) in [6.07, 6.45) is 2.50. The molecule has 0 atom stereocenters. The molecule has 0 bridgehead atoms. The van der Waals surface area contributed by atoms with Crippen molar-refractivity contribution in [3.05, 3.63) is 42.1 Å². The molecule has 1 aliphatic rings. The summed E-state index contributed by atoms with van der Waals surface area (Å²) < 4.78 is 1.63. The molecule has 138 valence electrons. The lowest BCUT2D eigenvalue weighted by Gasteiger charge is -2.20. The first kappa shape index (κ1) is 18.1. The van der Waals surface area contributed by atoms with Crippen LogP contribution in [0.3, 0.4) is 0 Å². The van der Waals surface area contributed by atoms with Crippen LogP contribution in [0.4, 0.5) is 5.82 Å². The highest BCUT2D eigenvalue weighted by Crippen LogP contribution is 2.07. The molecule has 8 nitrogen and oxygen atoms in total. The molecule has 1 aromatic carbocycles. The Balaban J connectivity index is 1.55. The Labute approximate surface area is 152 Å². The fourth-order valence-corrected chi connectivity index (χ4v) is 3.01. The molecule has 0 radical (unpaired) electrons. The van der Waals surface area contributed by atoms with Gasteiger partial charge < -0.3 is 9.80 Å². The minimum Gasteiger partial charge on any atom is -0.333 e. The minimum absolute atomic E-state index is 0.282. The number of likely N-dealkylation sites (N-methyl/N-ethyl adjacent to an activating group) is 1. The quantitative estimate of drug-likeness (QED) is 0.820. The Bertz CT molecular complexity index is 745. The van der Waals surface area contributed by atoms with Gasteiger partial charge in [-0.3, -0.25) is 14.9 Å². The van der Waals surface area contributed by atoms with E-state index in [2.05, 4.69) is 27.5 Å². The third-order valence-electron chi connectivity index (χ3n) is 4.48. The van der Waals surface area contributed by atoms with Crippen molar-refractivity contribution in [3.63, 3.8) is 0 Å². The van der Waals surface area contributed by atoms with Gasteiger partial charge in [0.2, 0.25) is 0 Å². The molecule has 1 fully saturated rings. The number of nitrogens with zero attached hydrogens (tertiary/aromatic N) is 5. The Hall–Kier alpha value is -2.74. The number of anilines is 1. The summed E-state index contributed by atoms with van der Waals surface area (Å²) in [5.74, 6) is -0.897. The van der Waals surface area contributed by atoms with E-state index in [1.54, 1.807) is 15.8 Å². The van der Waals surface area contributed by atoms with Crippen LogP contribution in [0.15, 0.2) is 36.5 Å². The van der Waals surface area contributed by atoms with E-state index in [-0.39, 0.29) is 5.82 Å². The highest BCUT2D eigenvalue weighted by Gasteiger charge is 2.24. The number of hydrogen-bond acceptors (Lipinski definition) is 5. The lowest BCUT2D eigenvalue weighted by Crippen LogP contribution is -2.41. The van der Waals surface area contributed by atoms with E-state index in [0.29, 0.717) is 19.6 Å². The average Bonchev–Trinajstić information content (AvgIpc) is 2.95. The van der Waals surface area contributed by atoms with Gasteiger partial charge in [-0.15, -0.1) is 5.10 Å². The molecule has 2 heterocycles. The molecule has 0 unspecified atom stereocenters. The van der Waals surface area contributed by atoms with Crippen LogP contribution in [-0.4, -0.2) is 69.3 Å². The SMILES string of the molecule is CCN1CCCN(C(=O)C(=O)Nc2cn(Cc3ccccc3)nn2)CC1. The first-order chi connectivity index (χ1) is 12.7. The van der Waals surface area contributed by atoms with Crippen molar-refractivity contribution in [1.82, 2.24) is 24.8 Å². The van der Waals surface area contributed by atoms with Crippen LogP contribution in [0.2, 0.25) is 0 Å². The first-order valence-electron chi connectivity index (χ1n) is 8.92. The smallest absolute Gasteiger partial charge is 0.315 e. The van der Waals surface area contributed by atoms with Crippen molar-refractivity contribution in [1.29, 1.82) is 0 Å². The van der Waals surface area contributed by atoms with Gasteiger partial charge in [0.05, 0.1) is 12.7 Å². The van der Waals surface area contributed by atoms with Crippen LogP contribution in [0.1, 0.15) is 18.9 Å². The second kappa shape index (κ2) is 8.57. The van der Waals surface area contributed by atoms with Crippen LogP contribution in [0.5, 0.6) is 0 Å². The van der Waals surface area contributed by atoms with Gasteiger partial charge in [-0.2, -0.15) is 0 Å². The molecule has 0 spiro atoms. The number of aromatic nitrogens is 3. The summed E-state index contributed by atoms with van der Waals surface area (Å²) in [7, 11) is 0. The molecule has 1 saturated heterocycles. The van der Waals surface area contributed by atoms with Crippen molar-refractivity contribution in [2.24, 2.45) is 0 Å². The first-order valence-corrected chi connectivity index (χ1v) is 8.92. The molecular weight excluding hydrogens is 332 g/mol. The monoisotopic (exact) mass is 356 g/mol. The van der Waals surface area contributed by atoms with Crippen molar-refractivity contribution in [3.8, 4) is 0 Å². The molecule has 3 rings (SSSR count). The molecular formula is C18H24N6O2. The molecule has 0 saturated carbocycles. The molecule has 8 heteroatoms. The summed E-state index contributed by atoms with van der Waals surface area (Å²) in [4.78, 5) is 28.5. The minimum atomic E-state index is -0.665. The van der Waals surface area contributed by atoms with Crippen LogP contribution in [0.25, 0.3) is 0 Å². The van der Waals surface area contributed by atoms with Gasteiger partial charge in [-0.25, -0.2) is 4.68 Å². The third-order valence-corrected chi connectivity index (χ3v) is 4.48. The summed E-state index contributed by atoms with van der Waals surface area (Å²) in [6, 6.07) is 9.83. The standard InChI is InChI=1S/C18H24N6O2/c1-2-22-9-6-10-23(12-11-22)18(26)17(25)19-16-14-24(21-20-16)13-15-7-4-3-5-8-15/h3-5,7-8,14H,2,6,9-13H2,1H3,(H,19,25). The van der Waals surface area contributed by atoms with E-state index in [0.717, 1.165) is 31.6 Å². The number of amides is 2. The lowest BCUT2D eigenvalue weighted by atomic mass is 10.2. The van der Waals surface area contributed by atoms with E-state index < -0.39 is 11.8 Å². The molecule has 2 aromatic rings. The summed E-state index contributed by atoms with van der Waals surface area (Å²) in [5, 5.41) is 10.5. The zero-order valence-corrected chi connectivity index (χ0v) is 15.0. The normalized spacial score (nSPS) is 15.5. The maximum Gasteiger partial charge on any atom is 0.315 e. The van der Waals surface area contributed by atoms with E-state index in [1.807, 2.05) is 30.3 Å². The highest BCUT2D eigenvalue weighted by atomic mass is 16.2. The van der Waals surface area contributed by atoms with Gasteiger partial charge in [-0.1, -0.05) is 42.5 Å². The second-order valence-corrected chi connectivity index (χ2v) is 6.32. The Morgan fingerprint density at radius 2 is 1.92 bits per heavy atom. The molecule has 1 aliphatic heterocycles. The topological polar surface area (TPSA) is 83.4 Å². The number of carbonyl (C=O) groups is 2. The van der Waals surface area contributed by atoms with Crippen LogP contribution >= 0.6 is 0 Å². The van der Waals surface area contributed by atoms with Crippen molar-refractivity contribution >= 4 is 17.6 Å². The third kappa shape index (κ3) is 4.66. The summed E-state index contributed by atoms with van der Waals surface area (Å²) >= 11 is 0. The van der Waals surface area contributed by atoms with Gasteiger partial charge in [0.1, 0.15) is 0 Å². The molecule has 1 aromatic heterocycles. The number of hydrogen-bond donors (Lipinski definition) is 1. The molecule has 1 N–H and O–H groups in total. The largest absolute Gasteiger partial charge is 0.333 e. The Morgan fingerprint density at radius 3 is 2.69 bits per heavy atom. The number of carbonyl (C=O) groups excluding carboxylic acids is 2. The van der Waals surface area contributed by atoms with E-state index in [4.69, 9.17) is 0 Å². The maximum absolute atomic E-state index is 12.4. The van der Waals surface area contributed by atoms with Gasteiger partial charge in [0.25, 0.3) is 0 Å². The fraction of sp³-hybridized carbons (Fsp3) is 0.444. The number of benzene rings is 1. The van der Waals surface area contributed by atoms with Gasteiger partial charge in [0, 0.05) is 19.6 Å². The predicted molar refractivity (Wildman–Crippen MR) is 97.5 cm³/mol. The average molecular weight is 356 g/mol. The lowest BCUT2D eigenvalue weighted by molar-refractivity contribution is -0.143. The fourth-order valence-electron chi connectivity index (χ4n) is 3.01. The number of nitrogens with one attached hydrogen (secondary N) is 1. The van der Waals surface area contributed by atoms with E-state index in [9.17, 15) is 9.59 Å². The second-order valence-electron chi connectivity index (χ2n) is 6.32. The molecule has 2 amide bonds. The van der Waals surface area contributed by atoms with Crippen molar-refractivity contribution < 1.29 is 9.59 Å². The van der Waals surface area contributed by atoms with Crippen molar-refractivity contribution in [2.75, 3.05) is 38.0 Å². The van der Waals surface area contributed by atoms with E-state index >= 15 is 0 Å². The zero-order valence-electron chi connectivity index (χ0n) is 15.0. The van der Waals surface area contributed by atoms with Crippen molar-refractivity contribution in [2.45, 2.75) is 19.9 Å². The highest BCUT2D eigenvalue weighted by molar-refractivity contribution is 6.39. The summed E-state index contributed by atoms with van der Waals surface area (Å²) in [5.41, 5.74) is 1.08. The Kier molecular flexibility index (Phi) is 5.96. The van der Waals surface area contributed by atoms with E-state index in [1.165, 1.54) is 0 Å². The van der Waals surface area contributed by atoms with Crippen LogP contribution in [0, 0.1) is 0 Å².